The fraction of sp³-hybridized carbons (Fsp3) is 1.00. The highest BCUT2D eigenvalue weighted by Gasteiger charge is 1.93. The van der Waals surface area contributed by atoms with Crippen molar-refractivity contribution in [2.24, 2.45) is 0 Å². The van der Waals surface area contributed by atoms with E-state index in [0.717, 1.165) is 19.6 Å². The molecule has 0 aromatic carbocycles. The summed E-state index contributed by atoms with van der Waals surface area (Å²) in [6.45, 7) is 7.95. The van der Waals surface area contributed by atoms with Crippen LogP contribution in [0, 0.1) is 0 Å². The minimum absolute atomic E-state index is 0.643. The van der Waals surface area contributed by atoms with Crippen molar-refractivity contribution in [3.8, 4) is 0 Å². The molecule has 0 unspecified atom stereocenters. The molecule has 16 heavy (non-hydrogen) atoms. The summed E-state index contributed by atoms with van der Waals surface area (Å²) in [6.07, 6.45) is 4.97. The van der Waals surface area contributed by atoms with Gasteiger partial charge in [-0.3, -0.25) is 0 Å². The van der Waals surface area contributed by atoms with E-state index in [-0.39, 0.29) is 0 Å². The van der Waals surface area contributed by atoms with Gasteiger partial charge in [0.05, 0.1) is 26.4 Å². The van der Waals surface area contributed by atoms with Crippen molar-refractivity contribution in [1.82, 2.24) is 0 Å². The largest absolute Gasteiger partial charge is 0.415 e. The maximum atomic E-state index is 5.47. The first-order valence-electron chi connectivity index (χ1n) is 6.42. The van der Waals surface area contributed by atoms with E-state index < -0.39 is 0 Å². The van der Waals surface area contributed by atoms with Gasteiger partial charge in [-0.25, -0.2) is 0 Å². The molecule has 0 aromatic rings. The van der Waals surface area contributed by atoms with Crippen LogP contribution in [0.1, 0.15) is 39.5 Å². The van der Waals surface area contributed by atoms with Gasteiger partial charge in [0.25, 0.3) is 0 Å². The van der Waals surface area contributed by atoms with Crippen molar-refractivity contribution in [1.29, 1.82) is 0 Å². The van der Waals surface area contributed by atoms with Crippen LogP contribution in [0.3, 0.4) is 0 Å². The molecular weight excluding hydrogens is 220 g/mol. The van der Waals surface area contributed by atoms with E-state index in [1.165, 1.54) is 25.3 Å². The van der Waals surface area contributed by atoms with Crippen LogP contribution < -0.4 is 0 Å². The minimum atomic E-state index is 0.643. The van der Waals surface area contributed by atoms with Gasteiger partial charge in [-0.15, -0.1) is 0 Å². The summed E-state index contributed by atoms with van der Waals surface area (Å²) < 4.78 is 16.1. The Bertz CT molecular complexity index is 109. The van der Waals surface area contributed by atoms with Crippen LogP contribution in [-0.4, -0.2) is 42.8 Å². The normalized spacial score (nSPS) is 10.9. The standard InChI is InChI=1S/C12H26O3Si/c1-3-5-6-12-16-15-11-10-14-9-8-13-7-4-2/h3-12H2,1-2H3. The summed E-state index contributed by atoms with van der Waals surface area (Å²) in [5.41, 5.74) is 0. The Balaban J connectivity index is 2.83. The Morgan fingerprint density at radius 3 is 2.12 bits per heavy atom. The van der Waals surface area contributed by atoms with Crippen LogP contribution in [0.15, 0.2) is 0 Å². The predicted molar refractivity (Wildman–Crippen MR) is 68.0 cm³/mol. The molecule has 0 rings (SSSR count). The fourth-order valence-electron chi connectivity index (χ4n) is 1.16. The van der Waals surface area contributed by atoms with Crippen molar-refractivity contribution in [2.45, 2.75) is 45.6 Å². The van der Waals surface area contributed by atoms with Crippen LogP contribution in [0.25, 0.3) is 0 Å². The lowest BCUT2D eigenvalue weighted by atomic mass is 10.3. The SMILES string of the molecule is CCCCC[Si]OCCOCCOCCC. The van der Waals surface area contributed by atoms with E-state index in [1.54, 1.807) is 0 Å². The lowest BCUT2D eigenvalue weighted by Gasteiger charge is -2.05. The molecule has 3 nitrogen and oxygen atoms in total. The van der Waals surface area contributed by atoms with Crippen LogP contribution in [0.2, 0.25) is 6.04 Å². The van der Waals surface area contributed by atoms with Gasteiger partial charge in [0.1, 0.15) is 0 Å². The molecule has 2 radical (unpaired) electrons. The third-order valence-electron chi connectivity index (χ3n) is 2.03. The summed E-state index contributed by atoms with van der Waals surface area (Å²) in [7, 11) is 0.643. The zero-order valence-electron chi connectivity index (χ0n) is 10.8. The predicted octanol–water partition coefficient (Wildman–Crippen LogP) is 2.67. The average molecular weight is 246 g/mol. The third kappa shape index (κ3) is 14.1. The second-order valence-electron chi connectivity index (χ2n) is 3.67. The molecule has 0 aliphatic rings. The molecule has 0 aliphatic heterocycles. The van der Waals surface area contributed by atoms with E-state index >= 15 is 0 Å². The van der Waals surface area contributed by atoms with Gasteiger partial charge in [-0.05, 0) is 12.5 Å². The van der Waals surface area contributed by atoms with Gasteiger partial charge in [-0.2, -0.15) is 0 Å². The van der Waals surface area contributed by atoms with Gasteiger partial charge in [-0.1, -0.05) is 33.1 Å². The van der Waals surface area contributed by atoms with E-state index in [4.69, 9.17) is 13.9 Å². The van der Waals surface area contributed by atoms with Gasteiger partial charge >= 0.3 is 0 Å². The maximum Gasteiger partial charge on any atom is 0.229 e. The van der Waals surface area contributed by atoms with Crippen LogP contribution >= 0.6 is 0 Å². The number of unbranched alkanes of at least 4 members (excludes halogenated alkanes) is 2. The van der Waals surface area contributed by atoms with Crippen LogP contribution in [0.4, 0.5) is 0 Å². The van der Waals surface area contributed by atoms with Gasteiger partial charge in [0.15, 0.2) is 0 Å². The van der Waals surface area contributed by atoms with Crippen LogP contribution in [0.5, 0.6) is 0 Å². The Morgan fingerprint density at radius 2 is 1.44 bits per heavy atom. The molecule has 0 bridgehead atoms. The number of hydrogen-bond acceptors (Lipinski definition) is 3. The minimum Gasteiger partial charge on any atom is -0.415 e. The molecule has 0 heterocycles. The average Bonchev–Trinajstić information content (AvgIpc) is 2.31. The van der Waals surface area contributed by atoms with E-state index in [1.807, 2.05) is 0 Å². The second kappa shape index (κ2) is 15.1. The lowest BCUT2D eigenvalue weighted by molar-refractivity contribution is 0.0369. The summed E-state index contributed by atoms with van der Waals surface area (Å²) >= 11 is 0. The molecule has 0 atom stereocenters. The van der Waals surface area contributed by atoms with Crippen molar-refractivity contribution in [3.63, 3.8) is 0 Å². The van der Waals surface area contributed by atoms with Crippen molar-refractivity contribution < 1.29 is 13.9 Å². The van der Waals surface area contributed by atoms with Gasteiger partial charge < -0.3 is 13.9 Å². The molecule has 96 valence electrons. The molecule has 0 aromatic heterocycles. The molecule has 0 aliphatic carbocycles. The first-order valence-corrected chi connectivity index (χ1v) is 7.53. The van der Waals surface area contributed by atoms with Gasteiger partial charge in [0, 0.05) is 6.61 Å². The highest BCUT2D eigenvalue weighted by molar-refractivity contribution is 6.26. The van der Waals surface area contributed by atoms with Crippen molar-refractivity contribution in [2.75, 3.05) is 33.0 Å². The summed E-state index contributed by atoms with van der Waals surface area (Å²) in [6, 6.07) is 1.20. The number of hydrogen-bond donors (Lipinski definition) is 0. The monoisotopic (exact) mass is 246 g/mol. The first kappa shape index (κ1) is 16.1. The maximum absolute atomic E-state index is 5.47. The highest BCUT2D eigenvalue weighted by atomic mass is 28.2. The zero-order chi connectivity index (χ0) is 11.9. The number of ether oxygens (including phenoxy) is 2. The molecule has 0 saturated heterocycles. The molecule has 0 N–H and O–H groups in total. The number of rotatable bonds is 13. The van der Waals surface area contributed by atoms with E-state index in [2.05, 4.69) is 13.8 Å². The fourth-order valence-corrected chi connectivity index (χ4v) is 1.92. The second-order valence-corrected chi connectivity index (χ2v) is 4.75. The van der Waals surface area contributed by atoms with E-state index in [0.29, 0.717) is 29.6 Å². The summed E-state index contributed by atoms with van der Waals surface area (Å²) in [5.74, 6) is 0. The quantitative estimate of drug-likeness (QED) is 0.369. The third-order valence-corrected chi connectivity index (χ3v) is 3.00. The first-order chi connectivity index (χ1) is 7.91. The van der Waals surface area contributed by atoms with Crippen LogP contribution in [-0.2, 0) is 13.9 Å². The summed E-state index contributed by atoms with van der Waals surface area (Å²) in [4.78, 5) is 0. The Labute approximate surface area is 103 Å². The van der Waals surface area contributed by atoms with E-state index in [9.17, 15) is 0 Å². The molecular formula is C12H26O3Si. The van der Waals surface area contributed by atoms with Crippen molar-refractivity contribution >= 4 is 9.76 Å². The Kier molecular flexibility index (Phi) is 15.2. The summed E-state index contributed by atoms with van der Waals surface area (Å²) in [5, 5.41) is 0. The molecule has 0 spiro atoms. The Morgan fingerprint density at radius 1 is 0.750 bits per heavy atom. The molecule has 4 heteroatoms. The highest BCUT2D eigenvalue weighted by Crippen LogP contribution is 1.98. The molecule has 0 saturated carbocycles. The Hall–Kier alpha value is 0.0969. The van der Waals surface area contributed by atoms with Gasteiger partial charge in [0.2, 0.25) is 9.76 Å². The smallest absolute Gasteiger partial charge is 0.229 e. The van der Waals surface area contributed by atoms with Crippen molar-refractivity contribution in [3.05, 3.63) is 0 Å². The molecule has 0 fully saturated rings. The topological polar surface area (TPSA) is 27.7 Å². The lowest BCUT2D eigenvalue weighted by Crippen LogP contribution is -2.11. The zero-order valence-corrected chi connectivity index (χ0v) is 11.8. The molecule has 0 amide bonds.